The summed E-state index contributed by atoms with van der Waals surface area (Å²) in [4.78, 5) is 27.5. The smallest absolute Gasteiger partial charge is 0.257 e. The molecule has 6 heteroatoms. The van der Waals surface area contributed by atoms with Crippen molar-refractivity contribution in [3.63, 3.8) is 0 Å². The van der Waals surface area contributed by atoms with E-state index in [1.54, 1.807) is 31.6 Å². The number of carbonyl (C=O) groups is 1. The first kappa shape index (κ1) is 13.5. The third kappa shape index (κ3) is 3.08. The molecule has 5 nitrogen and oxygen atoms in total. The van der Waals surface area contributed by atoms with Crippen molar-refractivity contribution in [2.75, 3.05) is 5.32 Å². The summed E-state index contributed by atoms with van der Waals surface area (Å²) in [7, 11) is 1.63. The van der Waals surface area contributed by atoms with Crippen LogP contribution in [0.5, 0.6) is 0 Å². The van der Waals surface area contributed by atoms with Gasteiger partial charge in [0.25, 0.3) is 11.5 Å². The number of pyridine rings is 2. The third-order valence-electron chi connectivity index (χ3n) is 2.66. The molecule has 2 heterocycles. The van der Waals surface area contributed by atoms with Gasteiger partial charge in [-0.3, -0.25) is 9.59 Å². The zero-order valence-corrected chi connectivity index (χ0v) is 12.1. The lowest BCUT2D eigenvalue weighted by molar-refractivity contribution is 0.102. The van der Waals surface area contributed by atoms with Crippen LogP contribution in [0.2, 0.25) is 0 Å². The number of nitrogens with zero attached hydrogens (tertiary/aromatic N) is 2. The molecular weight excluding hydrogens is 310 g/mol. The molecular formula is C13H12BrN3O2. The predicted molar refractivity (Wildman–Crippen MR) is 76.3 cm³/mol. The minimum Gasteiger partial charge on any atom is -0.319 e. The normalized spacial score (nSPS) is 10.3. The van der Waals surface area contributed by atoms with Crippen LogP contribution in [0.1, 0.15) is 15.9 Å². The molecule has 19 heavy (non-hydrogen) atoms. The van der Waals surface area contributed by atoms with E-state index in [0.29, 0.717) is 11.4 Å². The minimum absolute atomic E-state index is 0.229. The molecule has 0 atom stereocenters. The minimum atomic E-state index is -0.355. The molecule has 1 N–H and O–H groups in total. The molecule has 2 aromatic heterocycles. The monoisotopic (exact) mass is 321 g/mol. The van der Waals surface area contributed by atoms with Gasteiger partial charge in [0.2, 0.25) is 0 Å². The fourth-order valence-corrected chi connectivity index (χ4v) is 1.70. The van der Waals surface area contributed by atoms with Crippen molar-refractivity contribution in [3.05, 3.63) is 56.5 Å². The van der Waals surface area contributed by atoms with Crippen LogP contribution >= 0.6 is 15.9 Å². The Balaban J connectivity index is 2.23. The molecule has 1 amide bonds. The number of halogens is 1. The summed E-state index contributed by atoms with van der Waals surface area (Å²) in [6, 6.07) is 4.63. The highest BCUT2D eigenvalue weighted by Gasteiger charge is 2.08. The standard InChI is InChI=1S/C13H12BrN3O2/c1-8-5-11(15-7-10(8)14)16-13(19)9-3-4-17(2)12(18)6-9/h3-7H,1-2H3,(H,15,16,19). The number of amides is 1. The molecule has 0 saturated carbocycles. The Morgan fingerprint density at radius 1 is 1.42 bits per heavy atom. The molecule has 0 aliphatic heterocycles. The van der Waals surface area contributed by atoms with Gasteiger partial charge >= 0.3 is 0 Å². The largest absolute Gasteiger partial charge is 0.319 e. The lowest BCUT2D eigenvalue weighted by Gasteiger charge is -2.06. The van der Waals surface area contributed by atoms with Crippen LogP contribution in [0, 0.1) is 6.92 Å². The fraction of sp³-hybridized carbons (Fsp3) is 0.154. The Kier molecular flexibility index (Phi) is 3.80. The predicted octanol–water partition coefficient (Wildman–Crippen LogP) is 2.10. The Labute approximate surface area is 118 Å². The summed E-state index contributed by atoms with van der Waals surface area (Å²) in [6.45, 7) is 1.90. The fourth-order valence-electron chi connectivity index (χ4n) is 1.49. The highest BCUT2D eigenvalue weighted by molar-refractivity contribution is 9.10. The number of anilines is 1. The van der Waals surface area contributed by atoms with Gasteiger partial charge in [0.1, 0.15) is 5.82 Å². The van der Waals surface area contributed by atoms with E-state index in [0.717, 1.165) is 10.0 Å². The van der Waals surface area contributed by atoms with Crippen LogP contribution in [0.3, 0.4) is 0 Å². The van der Waals surface area contributed by atoms with Gasteiger partial charge in [-0.1, -0.05) is 0 Å². The van der Waals surface area contributed by atoms with Crippen LogP contribution in [-0.2, 0) is 7.05 Å². The zero-order valence-electron chi connectivity index (χ0n) is 10.5. The van der Waals surface area contributed by atoms with Gasteiger partial charge in [-0.2, -0.15) is 0 Å². The van der Waals surface area contributed by atoms with Crippen molar-refractivity contribution in [3.8, 4) is 0 Å². The van der Waals surface area contributed by atoms with Gasteiger partial charge in [-0.05, 0) is 40.5 Å². The van der Waals surface area contributed by atoms with Crippen LogP contribution in [-0.4, -0.2) is 15.5 Å². The molecule has 0 aromatic carbocycles. The van der Waals surface area contributed by atoms with Gasteiger partial charge in [0.05, 0.1) is 0 Å². The number of carbonyl (C=O) groups excluding carboxylic acids is 1. The first-order valence-electron chi connectivity index (χ1n) is 5.57. The van der Waals surface area contributed by atoms with Crippen molar-refractivity contribution >= 4 is 27.7 Å². The number of aryl methyl sites for hydroxylation is 2. The average Bonchev–Trinajstić information content (AvgIpc) is 2.37. The topological polar surface area (TPSA) is 64.0 Å². The van der Waals surface area contributed by atoms with Crippen molar-refractivity contribution in [2.45, 2.75) is 6.92 Å². The number of aromatic nitrogens is 2. The van der Waals surface area contributed by atoms with Crippen molar-refractivity contribution < 1.29 is 4.79 Å². The lowest BCUT2D eigenvalue weighted by Crippen LogP contribution is -2.20. The summed E-state index contributed by atoms with van der Waals surface area (Å²) < 4.78 is 2.28. The molecule has 98 valence electrons. The van der Waals surface area contributed by atoms with Crippen LogP contribution in [0.4, 0.5) is 5.82 Å². The summed E-state index contributed by atoms with van der Waals surface area (Å²) in [5.74, 6) is 0.0956. The zero-order chi connectivity index (χ0) is 14.0. The molecule has 2 aromatic rings. The SMILES string of the molecule is Cc1cc(NC(=O)c2ccn(C)c(=O)c2)ncc1Br. The molecule has 0 fully saturated rings. The van der Waals surface area contributed by atoms with Crippen LogP contribution < -0.4 is 10.9 Å². The Hall–Kier alpha value is -1.95. The lowest BCUT2D eigenvalue weighted by atomic mass is 10.2. The van der Waals surface area contributed by atoms with Crippen molar-refractivity contribution in [1.29, 1.82) is 0 Å². The van der Waals surface area contributed by atoms with E-state index in [9.17, 15) is 9.59 Å². The second kappa shape index (κ2) is 5.36. The number of rotatable bonds is 2. The van der Waals surface area contributed by atoms with E-state index in [1.165, 1.54) is 10.6 Å². The first-order chi connectivity index (χ1) is 8.97. The maximum absolute atomic E-state index is 12.0. The quantitative estimate of drug-likeness (QED) is 0.921. The molecule has 2 rings (SSSR count). The molecule has 0 aliphatic rings. The summed E-state index contributed by atoms with van der Waals surface area (Å²) in [5, 5.41) is 2.65. The first-order valence-corrected chi connectivity index (χ1v) is 6.37. The second-order valence-corrected chi connectivity index (χ2v) is 4.99. The molecule has 0 bridgehead atoms. The van der Waals surface area contributed by atoms with E-state index in [1.807, 2.05) is 6.92 Å². The van der Waals surface area contributed by atoms with Gasteiger partial charge in [-0.15, -0.1) is 0 Å². The molecule has 0 saturated heterocycles. The van der Waals surface area contributed by atoms with E-state index in [4.69, 9.17) is 0 Å². The average molecular weight is 322 g/mol. The Bertz CT molecular complexity index is 695. The van der Waals surface area contributed by atoms with Gasteiger partial charge < -0.3 is 9.88 Å². The molecule has 0 unspecified atom stereocenters. The number of hydrogen-bond donors (Lipinski definition) is 1. The highest BCUT2D eigenvalue weighted by Crippen LogP contribution is 2.17. The molecule has 0 spiro atoms. The van der Waals surface area contributed by atoms with E-state index < -0.39 is 0 Å². The Morgan fingerprint density at radius 3 is 2.79 bits per heavy atom. The maximum atomic E-state index is 12.0. The van der Waals surface area contributed by atoms with Crippen LogP contribution in [0.15, 0.2) is 39.9 Å². The third-order valence-corrected chi connectivity index (χ3v) is 3.49. The van der Waals surface area contributed by atoms with Gasteiger partial charge in [0.15, 0.2) is 0 Å². The van der Waals surface area contributed by atoms with E-state index >= 15 is 0 Å². The van der Waals surface area contributed by atoms with Crippen molar-refractivity contribution in [2.24, 2.45) is 7.05 Å². The van der Waals surface area contributed by atoms with Gasteiger partial charge in [-0.25, -0.2) is 4.98 Å². The van der Waals surface area contributed by atoms with E-state index in [-0.39, 0.29) is 11.5 Å². The van der Waals surface area contributed by atoms with Gasteiger partial charge in [0, 0.05) is 35.5 Å². The number of hydrogen-bond acceptors (Lipinski definition) is 3. The summed E-state index contributed by atoms with van der Waals surface area (Å²) in [6.07, 6.45) is 3.17. The molecule has 0 radical (unpaired) electrons. The summed E-state index contributed by atoms with van der Waals surface area (Å²) in [5.41, 5.74) is 1.05. The molecule has 0 aliphatic carbocycles. The summed E-state index contributed by atoms with van der Waals surface area (Å²) >= 11 is 3.34. The van der Waals surface area contributed by atoms with Crippen LogP contribution in [0.25, 0.3) is 0 Å². The Morgan fingerprint density at radius 2 is 2.16 bits per heavy atom. The second-order valence-electron chi connectivity index (χ2n) is 4.14. The van der Waals surface area contributed by atoms with E-state index in [2.05, 4.69) is 26.2 Å². The number of nitrogens with one attached hydrogen (secondary N) is 1. The highest BCUT2D eigenvalue weighted by atomic mass is 79.9. The van der Waals surface area contributed by atoms with Crippen molar-refractivity contribution in [1.82, 2.24) is 9.55 Å². The maximum Gasteiger partial charge on any atom is 0.257 e.